The predicted octanol–water partition coefficient (Wildman–Crippen LogP) is 3.31. The van der Waals surface area contributed by atoms with Crippen molar-refractivity contribution in [2.45, 2.75) is 33.4 Å². The minimum atomic E-state index is 0.228. The van der Waals surface area contributed by atoms with Gasteiger partial charge in [0.25, 0.3) is 0 Å². The molecule has 2 aromatic heterocycles. The molecule has 6 nitrogen and oxygen atoms in total. The second-order valence-electron chi connectivity index (χ2n) is 6.94. The van der Waals surface area contributed by atoms with Gasteiger partial charge in [0.15, 0.2) is 17.1 Å². The molecule has 1 aromatic carbocycles. The highest BCUT2D eigenvalue weighted by Crippen LogP contribution is 2.34. The molecule has 3 heterocycles. The lowest BCUT2D eigenvalue weighted by atomic mass is 10.1. The lowest BCUT2D eigenvalue weighted by Crippen LogP contribution is -2.22. The Morgan fingerprint density at radius 1 is 1.15 bits per heavy atom. The van der Waals surface area contributed by atoms with E-state index in [0.717, 1.165) is 40.6 Å². The highest BCUT2D eigenvalue weighted by atomic mass is 16.6. The summed E-state index contributed by atoms with van der Waals surface area (Å²) in [5.41, 5.74) is 5.38. The van der Waals surface area contributed by atoms with E-state index >= 15 is 0 Å². The van der Waals surface area contributed by atoms with Crippen LogP contribution in [0, 0.1) is 13.8 Å². The predicted molar refractivity (Wildman–Crippen MR) is 99.8 cm³/mol. The molecule has 4 rings (SSSR count). The summed E-state index contributed by atoms with van der Waals surface area (Å²) < 4.78 is 13.2. The van der Waals surface area contributed by atoms with E-state index in [4.69, 9.17) is 9.47 Å². The molecule has 6 heteroatoms. The molecule has 1 aliphatic heterocycles. The number of hydrogen-bond acceptors (Lipinski definition) is 5. The first-order valence-electron chi connectivity index (χ1n) is 8.93. The smallest absolute Gasteiger partial charge is 0.161 e. The Balaban J connectivity index is 1.57. The molecule has 26 heavy (non-hydrogen) atoms. The van der Waals surface area contributed by atoms with Gasteiger partial charge in [-0.3, -0.25) is 4.90 Å². The Kier molecular flexibility index (Phi) is 4.28. The molecule has 0 radical (unpaired) electrons. The molecule has 0 saturated heterocycles. The van der Waals surface area contributed by atoms with Crippen molar-refractivity contribution >= 4 is 5.65 Å². The van der Waals surface area contributed by atoms with Crippen molar-refractivity contribution in [1.29, 1.82) is 0 Å². The monoisotopic (exact) mass is 352 g/mol. The van der Waals surface area contributed by atoms with Crippen LogP contribution in [0.25, 0.3) is 5.65 Å². The number of fused-ring (bicyclic) bond motifs is 2. The Bertz CT molecular complexity index is 950. The van der Waals surface area contributed by atoms with Crippen LogP contribution in [0.4, 0.5) is 0 Å². The first-order chi connectivity index (χ1) is 12.5. The maximum absolute atomic E-state index is 5.72. The Hall–Kier alpha value is -2.60. The molecule has 136 valence electrons. The van der Waals surface area contributed by atoms with Crippen molar-refractivity contribution in [3.8, 4) is 11.5 Å². The van der Waals surface area contributed by atoms with Crippen molar-refractivity contribution in [1.82, 2.24) is 19.5 Å². The molecule has 0 unspecified atom stereocenters. The van der Waals surface area contributed by atoms with Crippen molar-refractivity contribution in [3.63, 3.8) is 0 Å². The van der Waals surface area contributed by atoms with Crippen molar-refractivity contribution < 1.29 is 9.47 Å². The minimum Gasteiger partial charge on any atom is -0.486 e. The third-order valence-electron chi connectivity index (χ3n) is 4.98. The number of ether oxygens (including phenoxy) is 2. The molecular formula is C20H24N4O2. The quantitative estimate of drug-likeness (QED) is 0.721. The van der Waals surface area contributed by atoms with E-state index < -0.39 is 0 Å². The van der Waals surface area contributed by atoms with Gasteiger partial charge in [0.2, 0.25) is 0 Å². The van der Waals surface area contributed by atoms with Gasteiger partial charge in [0.1, 0.15) is 13.2 Å². The first-order valence-corrected chi connectivity index (χ1v) is 8.93. The molecule has 0 bridgehead atoms. The number of aromatic nitrogens is 3. The summed E-state index contributed by atoms with van der Waals surface area (Å²) in [5.74, 6) is 1.66. The summed E-state index contributed by atoms with van der Waals surface area (Å²) >= 11 is 0. The first kappa shape index (κ1) is 16.8. The van der Waals surface area contributed by atoms with Crippen LogP contribution in [-0.4, -0.2) is 39.8 Å². The van der Waals surface area contributed by atoms with E-state index in [-0.39, 0.29) is 6.04 Å². The van der Waals surface area contributed by atoms with Crippen LogP contribution in [0.5, 0.6) is 11.5 Å². The van der Waals surface area contributed by atoms with Crippen LogP contribution in [0.15, 0.2) is 30.5 Å². The molecule has 1 atom stereocenters. The average Bonchev–Trinajstić information content (AvgIpc) is 3.03. The third kappa shape index (κ3) is 3.01. The SMILES string of the molecule is Cc1cc(C)n2ncc(CN(C)[C@@H](C)c3ccc4c(c3)OCCO4)c2n1. The van der Waals surface area contributed by atoms with Gasteiger partial charge >= 0.3 is 0 Å². The Morgan fingerprint density at radius 3 is 2.73 bits per heavy atom. The standard InChI is InChI=1S/C20H24N4O2/c1-13-9-14(2)24-20(22-13)17(11-21-24)12-23(4)15(3)16-5-6-18-19(10-16)26-8-7-25-18/h5-6,9-11,15H,7-8,12H2,1-4H3/t15-/m0/s1. The number of nitrogens with zero attached hydrogens (tertiary/aromatic N) is 4. The van der Waals surface area contributed by atoms with Crippen LogP contribution < -0.4 is 9.47 Å². The maximum atomic E-state index is 5.72. The zero-order valence-corrected chi connectivity index (χ0v) is 15.7. The van der Waals surface area contributed by atoms with Gasteiger partial charge in [-0.05, 0) is 51.6 Å². The fraction of sp³-hybridized carbons (Fsp3) is 0.400. The fourth-order valence-electron chi connectivity index (χ4n) is 3.41. The highest BCUT2D eigenvalue weighted by molar-refractivity contribution is 5.48. The molecule has 0 N–H and O–H groups in total. The second kappa shape index (κ2) is 6.61. The van der Waals surface area contributed by atoms with Crippen LogP contribution in [0.3, 0.4) is 0 Å². The second-order valence-corrected chi connectivity index (χ2v) is 6.94. The van der Waals surface area contributed by atoms with E-state index in [1.165, 1.54) is 5.56 Å². The molecule has 0 aliphatic carbocycles. The summed E-state index contributed by atoms with van der Waals surface area (Å²) in [6.45, 7) is 8.26. The molecule has 1 aliphatic rings. The van der Waals surface area contributed by atoms with E-state index in [1.54, 1.807) is 0 Å². The summed E-state index contributed by atoms with van der Waals surface area (Å²) in [7, 11) is 2.12. The van der Waals surface area contributed by atoms with Gasteiger partial charge in [0.05, 0.1) is 6.20 Å². The van der Waals surface area contributed by atoms with E-state index in [1.807, 2.05) is 29.8 Å². The third-order valence-corrected chi connectivity index (χ3v) is 4.98. The highest BCUT2D eigenvalue weighted by Gasteiger charge is 2.19. The number of rotatable bonds is 4. The van der Waals surface area contributed by atoms with Crippen LogP contribution in [-0.2, 0) is 6.54 Å². The number of aryl methyl sites for hydroxylation is 2. The van der Waals surface area contributed by atoms with E-state index in [0.29, 0.717) is 13.2 Å². The topological polar surface area (TPSA) is 51.9 Å². The van der Waals surface area contributed by atoms with Gasteiger partial charge in [-0.25, -0.2) is 9.50 Å². The van der Waals surface area contributed by atoms with Gasteiger partial charge in [-0.15, -0.1) is 0 Å². The van der Waals surface area contributed by atoms with Gasteiger partial charge in [-0.2, -0.15) is 5.10 Å². The van der Waals surface area contributed by atoms with Crippen molar-refractivity contribution in [2.75, 3.05) is 20.3 Å². The minimum absolute atomic E-state index is 0.228. The molecule has 0 saturated carbocycles. The van der Waals surface area contributed by atoms with Crippen LogP contribution in [0.2, 0.25) is 0 Å². The maximum Gasteiger partial charge on any atom is 0.161 e. The van der Waals surface area contributed by atoms with Crippen molar-refractivity contribution in [2.24, 2.45) is 0 Å². The largest absolute Gasteiger partial charge is 0.486 e. The zero-order valence-electron chi connectivity index (χ0n) is 15.7. The molecular weight excluding hydrogens is 328 g/mol. The zero-order chi connectivity index (χ0) is 18.3. The van der Waals surface area contributed by atoms with Crippen LogP contribution >= 0.6 is 0 Å². The summed E-state index contributed by atoms with van der Waals surface area (Å²) in [5, 5.41) is 4.49. The molecule has 0 spiro atoms. The molecule has 3 aromatic rings. The van der Waals surface area contributed by atoms with Crippen molar-refractivity contribution in [3.05, 3.63) is 53.0 Å². The molecule has 0 amide bonds. The lowest BCUT2D eigenvalue weighted by Gasteiger charge is -2.26. The lowest BCUT2D eigenvalue weighted by molar-refractivity contribution is 0.170. The summed E-state index contributed by atoms with van der Waals surface area (Å²) in [4.78, 5) is 6.97. The van der Waals surface area contributed by atoms with Gasteiger partial charge in [0, 0.05) is 29.5 Å². The Labute approximate surface area is 153 Å². The van der Waals surface area contributed by atoms with Gasteiger partial charge in [-0.1, -0.05) is 6.07 Å². The molecule has 0 fully saturated rings. The Morgan fingerprint density at radius 2 is 1.92 bits per heavy atom. The van der Waals surface area contributed by atoms with Crippen LogP contribution in [0.1, 0.15) is 35.5 Å². The van der Waals surface area contributed by atoms with Gasteiger partial charge < -0.3 is 9.47 Å². The fourth-order valence-corrected chi connectivity index (χ4v) is 3.41. The van der Waals surface area contributed by atoms with E-state index in [2.05, 4.69) is 48.0 Å². The summed E-state index contributed by atoms with van der Waals surface area (Å²) in [6, 6.07) is 8.46. The average molecular weight is 352 g/mol. The number of hydrogen-bond donors (Lipinski definition) is 0. The number of benzene rings is 1. The summed E-state index contributed by atoms with van der Waals surface area (Å²) in [6.07, 6.45) is 1.92. The normalized spacial score (nSPS) is 14.8. The van der Waals surface area contributed by atoms with E-state index in [9.17, 15) is 0 Å².